The summed E-state index contributed by atoms with van der Waals surface area (Å²) in [6, 6.07) is 0. The Balaban J connectivity index is 1.47. The van der Waals surface area contributed by atoms with E-state index in [0.29, 0.717) is 5.92 Å². The minimum absolute atomic E-state index is 0.0731. The van der Waals surface area contributed by atoms with Crippen LogP contribution in [0.15, 0.2) is 0 Å². The molecule has 2 saturated heterocycles. The summed E-state index contributed by atoms with van der Waals surface area (Å²) >= 11 is 0. The Bertz CT molecular complexity index is 495. The Morgan fingerprint density at radius 1 is 1.27 bits per heavy atom. The molecule has 0 aromatic carbocycles. The van der Waals surface area contributed by atoms with Gasteiger partial charge in [0, 0.05) is 11.8 Å². The number of ether oxygens (including phenoxy) is 2. The van der Waals surface area contributed by atoms with Crippen LogP contribution in [0.1, 0.15) is 39.5 Å². The van der Waals surface area contributed by atoms with Crippen molar-refractivity contribution in [1.82, 2.24) is 5.32 Å². The van der Waals surface area contributed by atoms with E-state index in [-0.39, 0.29) is 41.7 Å². The number of nitrogens with one attached hydrogen (secondary N) is 1. The third-order valence-electron chi connectivity index (χ3n) is 6.44. The molecule has 5 heteroatoms. The van der Waals surface area contributed by atoms with E-state index in [1.165, 1.54) is 0 Å². The molecule has 0 aromatic heterocycles. The lowest BCUT2D eigenvalue weighted by Crippen LogP contribution is -2.45. The van der Waals surface area contributed by atoms with Gasteiger partial charge in [0.2, 0.25) is 0 Å². The largest absolute Gasteiger partial charge is 0.462 e. The number of fused-ring (bicyclic) bond motifs is 1. The van der Waals surface area contributed by atoms with Crippen LogP contribution < -0.4 is 5.32 Å². The average molecular weight is 307 g/mol. The molecule has 2 heterocycles. The van der Waals surface area contributed by atoms with Gasteiger partial charge in [-0.3, -0.25) is 9.59 Å². The molecule has 1 N–H and O–H groups in total. The number of carbonyl (C=O) groups is 2. The van der Waals surface area contributed by atoms with Crippen LogP contribution in [0.3, 0.4) is 0 Å². The summed E-state index contributed by atoms with van der Waals surface area (Å²) in [6.45, 7) is 6.00. The van der Waals surface area contributed by atoms with Crippen molar-refractivity contribution in [3.63, 3.8) is 0 Å². The zero-order valence-electron chi connectivity index (χ0n) is 13.3. The molecule has 0 radical (unpaired) electrons. The summed E-state index contributed by atoms with van der Waals surface area (Å²) in [5.41, 5.74) is -0.455. The highest BCUT2D eigenvalue weighted by molar-refractivity contribution is 5.86. The van der Waals surface area contributed by atoms with Crippen LogP contribution in [-0.4, -0.2) is 36.7 Å². The van der Waals surface area contributed by atoms with E-state index < -0.39 is 5.60 Å². The quantitative estimate of drug-likeness (QED) is 0.801. The van der Waals surface area contributed by atoms with Crippen LogP contribution in [0.2, 0.25) is 0 Å². The van der Waals surface area contributed by atoms with Crippen molar-refractivity contribution in [3.8, 4) is 0 Å². The van der Waals surface area contributed by atoms with E-state index in [2.05, 4.69) is 5.32 Å². The summed E-state index contributed by atoms with van der Waals surface area (Å²) in [6.07, 6.45) is 3.94. The number of esters is 2. The van der Waals surface area contributed by atoms with E-state index in [4.69, 9.17) is 9.47 Å². The maximum atomic E-state index is 12.8. The van der Waals surface area contributed by atoms with Crippen LogP contribution in [0.5, 0.6) is 0 Å². The standard InChI is InChI=1S/C17H25NO4/c1-17(2,10-3-5-18-6-4-10)22-16(20)13-9-7-11-12(8-9)21-15(19)14(11)13/h9-14,18H,3-8H2,1-2H3. The molecule has 122 valence electrons. The van der Waals surface area contributed by atoms with Crippen LogP contribution in [0.25, 0.3) is 0 Å². The Labute approximate surface area is 131 Å². The minimum Gasteiger partial charge on any atom is -0.462 e. The van der Waals surface area contributed by atoms with Crippen molar-refractivity contribution in [1.29, 1.82) is 0 Å². The van der Waals surface area contributed by atoms with Crippen molar-refractivity contribution in [2.75, 3.05) is 13.1 Å². The third kappa shape index (κ3) is 2.08. The van der Waals surface area contributed by atoms with Crippen LogP contribution >= 0.6 is 0 Å². The fourth-order valence-electron chi connectivity index (χ4n) is 5.25. The molecule has 0 spiro atoms. The number of hydrogen-bond acceptors (Lipinski definition) is 5. The fourth-order valence-corrected chi connectivity index (χ4v) is 5.25. The second-order valence-corrected chi connectivity index (χ2v) is 7.97. The van der Waals surface area contributed by atoms with Crippen molar-refractivity contribution in [2.45, 2.75) is 51.2 Å². The Morgan fingerprint density at radius 3 is 2.73 bits per heavy atom. The van der Waals surface area contributed by atoms with Crippen LogP contribution in [0.4, 0.5) is 0 Å². The highest BCUT2D eigenvalue weighted by Crippen LogP contribution is 2.58. The molecule has 2 aliphatic carbocycles. The summed E-state index contributed by atoms with van der Waals surface area (Å²) in [4.78, 5) is 24.8. The van der Waals surface area contributed by atoms with E-state index >= 15 is 0 Å². The average Bonchev–Trinajstić information content (AvgIpc) is 3.09. The van der Waals surface area contributed by atoms with Gasteiger partial charge in [-0.1, -0.05) is 0 Å². The molecule has 4 fully saturated rings. The van der Waals surface area contributed by atoms with Gasteiger partial charge in [-0.15, -0.1) is 0 Å². The Morgan fingerprint density at radius 2 is 2.00 bits per heavy atom. The first-order valence-corrected chi connectivity index (χ1v) is 8.61. The van der Waals surface area contributed by atoms with Gasteiger partial charge >= 0.3 is 11.9 Å². The predicted molar refractivity (Wildman–Crippen MR) is 78.8 cm³/mol. The SMILES string of the molecule is CC(C)(OC(=O)C1C2CC3OC(=O)C1C3C2)C1CCNCC1. The maximum absolute atomic E-state index is 12.8. The summed E-state index contributed by atoms with van der Waals surface area (Å²) in [7, 11) is 0. The molecule has 0 amide bonds. The highest BCUT2D eigenvalue weighted by Gasteiger charge is 2.64. The molecule has 2 aliphatic heterocycles. The molecule has 22 heavy (non-hydrogen) atoms. The first-order chi connectivity index (χ1) is 10.5. The minimum atomic E-state index is -0.455. The molecule has 4 aliphatic rings. The van der Waals surface area contributed by atoms with Gasteiger partial charge in [0.15, 0.2) is 0 Å². The number of hydrogen-bond donors (Lipinski definition) is 1. The van der Waals surface area contributed by atoms with E-state index in [0.717, 1.165) is 38.8 Å². The molecule has 5 unspecified atom stereocenters. The highest BCUT2D eigenvalue weighted by atomic mass is 16.6. The van der Waals surface area contributed by atoms with Gasteiger partial charge in [-0.25, -0.2) is 0 Å². The molecule has 2 saturated carbocycles. The third-order valence-corrected chi connectivity index (χ3v) is 6.44. The van der Waals surface area contributed by atoms with E-state index in [1.54, 1.807) is 0 Å². The van der Waals surface area contributed by atoms with E-state index in [1.807, 2.05) is 13.8 Å². The van der Waals surface area contributed by atoms with Gasteiger partial charge in [0.25, 0.3) is 0 Å². The maximum Gasteiger partial charge on any atom is 0.310 e. The monoisotopic (exact) mass is 307 g/mol. The van der Waals surface area contributed by atoms with Crippen molar-refractivity contribution >= 4 is 11.9 Å². The smallest absolute Gasteiger partial charge is 0.310 e. The lowest BCUT2D eigenvalue weighted by molar-refractivity contribution is -0.172. The second kappa shape index (κ2) is 4.95. The lowest BCUT2D eigenvalue weighted by Gasteiger charge is -2.38. The molecular formula is C17H25NO4. The molecule has 5 atom stereocenters. The van der Waals surface area contributed by atoms with Gasteiger partial charge in [-0.2, -0.15) is 0 Å². The molecule has 0 aromatic rings. The first kappa shape index (κ1) is 14.5. The van der Waals surface area contributed by atoms with Crippen LogP contribution in [-0.2, 0) is 19.1 Å². The van der Waals surface area contributed by atoms with Gasteiger partial charge < -0.3 is 14.8 Å². The van der Waals surface area contributed by atoms with E-state index in [9.17, 15) is 9.59 Å². The summed E-state index contributed by atoms with van der Waals surface area (Å²) in [5.74, 6) is 0.0895. The zero-order chi connectivity index (χ0) is 15.5. The second-order valence-electron chi connectivity index (χ2n) is 7.97. The first-order valence-electron chi connectivity index (χ1n) is 8.61. The topological polar surface area (TPSA) is 64.6 Å². The molecule has 5 nitrogen and oxygen atoms in total. The molecule has 2 bridgehead atoms. The Hall–Kier alpha value is -1.10. The Kier molecular flexibility index (Phi) is 3.26. The predicted octanol–water partition coefficient (Wildman–Crippen LogP) is 1.51. The number of piperidine rings is 1. The fraction of sp³-hybridized carbons (Fsp3) is 0.882. The van der Waals surface area contributed by atoms with Crippen molar-refractivity contribution in [3.05, 3.63) is 0 Å². The molecule has 4 rings (SSSR count). The van der Waals surface area contributed by atoms with Gasteiger partial charge in [-0.05, 0) is 58.5 Å². The normalized spacial score (nSPS) is 40.8. The van der Waals surface area contributed by atoms with Crippen molar-refractivity contribution in [2.24, 2.45) is 29.6 Å². The number of carbonyl (C=O) groups excluding carboxylic acids is 2. The van der Waals surface area contributed by atoms with Crippen LogP contribution in [0, 0.1) is 29.6 Å². The summed E-state index contributed by atoms with van der Waals surface area (Å²) < 4.78 is 11.3. The van der Waals surface area contributed by atoms with Gasteiger partial charge in [0.05, 0.1) is 11.8 Å². The lowest BCUT2D eigenvalue weighted by atomic mass is 9.79. The van der Waals surface area contributed by atoms with Crippen molar-refractivity contribution < 1.29 is 19.1 Å². The summed E-state index contributed by atoms with van der Waals surface area (Å²) in [5, 5.41) is 3.34. The zero-order valence-corrected chi connectivity index (χ0v) is 13.3. The molecular weight excluding hydrogens is 282 g/mol. The number of rotatable bonds is 3. The van der Waals surface area contributed by atoms with Gasteiger partial charge in [0.1, 0.15) is 11.7 Å².